The van der Waals surface area contributed by atoms with Gasteiger partial charge >= 0.3 is 0 Å². The molecule has 0 spiro atoms. The van der Waals surface area contributed by atoms with Gasteiger partial charge in [-0.2, -0.15) is 0 Å². The zero-order valence-corrected chi connectivity index (χ0v) is 11.8. The summed E-state index contributed by atoms with van der Waals surface area (Å²) >= 11 is 0. The van der Waals surface area contributed by atoms with Gasteiger partial charge in [-0.25, -0.2) is 9.97 Å². The molecule has 1 aromatic heterocycles. The van der Waals surface area contributed by atoms with Crippen molar-refractivity contribution in [2.45, 2.75) is 31.7 Å². The summed E-state index contributed by atoms with van der Waals surface area (Å²) in [6.45, 7) is 1.41. The average molecular weight is 289 g/mol. The predicted octanol–water partition coefficient (Wildman–Crippen LogP) is 0.190. The summed E-state index contributed by atoms with van der Waals surface area (Å²) in [6, 6.07) is 0.0576. The maximum Gasteiger partial charge on any atom is 0.273 e. The Balaban J connectivity index is 1.52. The van der Waals surface area contributed by atoms with E-state index in [-0.39, 0.29) is 35.3 Å². The number of hydrogen-bond acceptors (Lipinski definition) is 5. The van der Waals surface area contributed by atoms with Crippen LogP contribution in [0.15, 0.2) is 12.4 Å². The fourth-order valence-corrected chi connectivity index (χ4v) is 2.61. The second-order valence-corrected chi connectivity index (χ2v) is 5.64. The van der Waals surface area contributed by atoms with Gasteiger partial charge in [0.25, 0.3) is 5.91 Å². The minimum absolute atomic E-state index is 0.0576. The molecule has 1 aliphatic heterocycles. The van der Waals surface area contributed by atoms with Crippen LogP contribution in [0.5, 0.6) is 0 Å². The highest BCUT2D eigenvalue weighted by Gasteiger charge is 2.35. The Kier molecular flexibility index (Phi) is 3.72. The third kappa shape index (κ3) is 3.12. The summed E-state index contributed by atoms with van der Waals surface area (Å²) in [6.07, 6.45) is 6.49. The lowest BCUT2D eigenvalue weighted by molar-refractivity contribution is -0.133. The van der Waals surface area contributed by atoms with E-state index in [1.165, 1.54) is 12.4 Å². The highest BCUT2D eigenvalue weighted by molar-refractivity contribution is 5.96. The molecular weight excluding hydrogens is 270 g/mol. The van der Waals surface area contributed by atoms with Crippen LogP contribution in [0.3, 0.4) is 0 Å². The van der Waals surface area contributed by atoms with Crippen LogP contribution in [0.25, 0.3) is 0 Å². The molecule has 2 aliphatic rings. The van der Waals surface area contributed by atoms with E-state index in [4.69, 9.17) is 5.73 Å². The zero-order valence-electron chi connectivity index (χ0n) is 11.8. The van der Waals surface area contributed by atoms with Gasteiger partial charge in [0.15, 0.2) is 11.5 Å². The van der Waals surface area contributed by atoms with Crippen LogP contribution in [0.2, 0.25) is 0 Å². The number of aromatic nitrogens is 2. The smallest absolute Gasteiger partial charge is 0.273 e. The Labute approximate surface area is 122 Å². The first-order valence-electron chi connectivity index (χ1n) is 7.31. The third-order valence-corrected chi connectivity index (χ3v) is 4.01. The van der Waals surface area contributed by atoms with Gasteiger partial charge in [-0.05, 0) is 25.7 Å². The van der Waals surface area contributed by atoms with Gasteiger partial charge in [0.2, 0.25) is 5.91 Å². The lowest BCUT2D eigenvalue weighted by Crippen LogP contribution is -2.47. The maximum atomic E-state index is 12.1. The molecule has 3 rings (SSSR count). The summed E-state index contributed by atoms with van der Waals surface area (Å²) in [5, 5.41) is 2.92. The molecule has 2 heterocycles. The van der Waals surface area contributed by atoms with Crippen molar-refractivity contribution in [1.29, 1.82) is 0 Å². The van der Waals surface area contributed by atoms with Crippen molar-refractivity contribution >= 4 is 17.6 Å². The van der Waals surface area contributed by atoms with Crippen LogP contribution in [-0.4, -0.2) is 45.8 Å². The Morgan fingerprint density at radius 1 is 1.14 bits per heavy atom. The molecule has 7 heteroatoms. The standard InChI is InChI=1S/C14H19N5O2/c15-12-11(16-5-6-17-12)13(20)18-10-3-7-19(8-4-10)14(21)9-1-2-9/h5-6,9-10H,1-4,7-8H2,(H2,15,17)(H,18,20). The minimum atomic E-state index is -0.299. The monoisotopic (exact) mass is 289 g/mol. The van der Waals surface area contributed by atoms with E-state index in [0.717, 1.165) is 25.7 Å². The van der Waals surface area contributed by atoms with Gasteiger partial charge in [-0.3, -0.25) is 9.59 Å². The van der Waals surface area contributed by atoms with Crippen LogP contribution >= 0.6 is 0 Å². The Hall–Kier alpha value is -2.18. The van der Waals surface area contributed by atoms with Crippen LogP contribution in [-0.2, 0) is 4.79 Å². The second-order valence-electron chi connectivity index (χ2n) is 5.64. The number of hydrogen-bond donors (Lipinski definition) is 2. The molecule has 0 aromatic carbocycles. The number of nitrogen functional groups attached to an aromatic ring is 1. The van der Waals surface area contributed by atoms with Gasteiger partial charge in [-0.15, -0.1) is 0 Å². The number of amides is 2. The van der Waals surface area contributed by atoms with Gasteiger partial charge < -0.3 is 16.0 Å². The minimum Gasteiger partial charge on any atom is -0.382 e. The van der Waals surface area contributed by atoms with Gasteiger partial charge in [0, 0.05) is 37.4 Å². The molecule has 0 atom stereocenters. The topological polar surface area (TPSA) is 101 Å². The van der Waals surface area contributed by atoms with Gasteiger partial charge in [0.05, 0.1) is 0 Å². The number of nitrogens with one attached hydrogen (secondary N) is 1. The third-order valence-electron chi connectivity index (χ3n) is 4.01. The molecule has 1 saturated heterocycles. The number of carbonyl (C=O) groups excluding carboxylic acids is 2. The fourth-order valence-electron chi connectivity index (χ4n) is 2.61. The molecule has 2 fully saturated rings. The van der Waals surface area contributed by atoms with Crippen LogP contribution in [0.4, 0.5) is 5.82 Å². The molecule has 1 saturated carbocycles. The number of carbonyl (C=O) groups is 2. The number of rotatable bonds is 3. The summed E-state index contributed by atoms with van der Waals surface area (Å²) in [7, 11) is 0. The van der Waals surface area contributed by atoms with Crippen LogP contribution in [0, 0.1) is 5.92 Å². The molecule has 1 aromatic rings. The van der Waals surface area contributed by atoms with E-state index >= 15 is 0 Å². The molecule has 112 valence electrons. The first kappa shape index (κ1) is 13.8. The number of anilines is 1. The quantitative estimate of drug-likeness (QED) is 0.827. The van der Waals surface area contributed by atoms with Crippen LogP contribution < -0.4 is 11.1 Å². The van der Waals surface area contributed by atoms with E-state index in [1.807, 2.05) is 4.90 Å². The highest BCUT2D eigenvalue weighted by Crippen LogP contribution is 2.31. The number of piperidine rings is 1. The average Bonchev–Trinajstić information content (AvgIpc) is 3.32. The Bertz CT molecular complexity index is 550. The van der Waals surface area contributed by atoms with E-state index in [1.54, 1.807) is 0 Å². The summed E-state index contributed by atoms with van der Waals surface area (Å²) in [5.74, 6) is 0.373. The van der Waals surface area contributed by atoms with E-state index < -0.39 is 0 Å². The van der Waals surface area contributed by atoms with Crippen molar-refractivity contribution in [2.75, 3.05) is 18.8 Å². The van der Waals surface area contributed by atoms with Crippen molar-refractivity contribution in [3.8, 4) is 0 Å². The van der Waals surface area contributed by atoms with Crippen molar-refractivity contribution in [3.63, 3.8) is 0 Å². The van der Waals surface area contributed by atoms with Gasteiger partial charge in [-0.1, -0.05) is 0 Å². The first-order chi connectivity index (χ1) is 10.1. The fraction of sp³-hybridized carbons (Fsp3) is 0.571. The van der Waals surface area contributed by atoms with Crippen molar-refractivity contribution < 1.29 is 9.59 Å². The lowest BCUT2D eigenvalue weighted by atomic mass is 10.0. The van der Waals surface area contributed by atoms with Crippen molar-refractivity contribution in [2.24, 2.45) is 5.92 Å². The summed E-state index contributed by atoms with van der Waals surface area (Å²) in [4.78, 5) is 33.8. The number of nitrogens with two attached hydrogens (primary N) is 1. The molecule has 0 bridgehead atoms. The molecule has 0 unspecified atom stereocenters. The second kappa shape index (κ2) is 5.67. The normalized spacial score (nSPS) is 19.3. The Morgan fingerprint density at radius 2 is 1.81 bits per heavy atom. The lowest BCUT2D eigenvalue weighted by Gasteiger charge is -2.32. The molecule has 1 aliphatic carbocycles. The SMILES string of the molecule is Nc1nccnc1C(=O)NC1CCN(C(=O)C2CC2)CC1. The molecular formula is C14H19N5O2. The van der Waals surface area contributed by atoms with E-state index in [2.05, 4.69) is 15.3 Å². The Morgan fingerprint density at radius 3 is 2.43 bits per heavy atom. The molecule has 3 N–H and O–H groups in total. The zero-order chi connectivity index (χ0) is 14.8. The maximum absolute atomic E-state index is 12.1. The van der Waals surface area contributed by atoms with Crippen molar-refractivity contribution in [3.05, 3.63) is 18.1 Å². The number of likely N-dealkylation sites (tertiary alicyclic amines) is 1. The molecule has 2 amide bonds. The first-order valence-corrected chi connectivity index (χ1v) is 7.31. The summed E-state index contributed by atoms with van der Waals surface area (Å²) in [5.41, 5.74) is 5.80. The van der Waals surface area contributed by atoms with E-state index in [9.17, 15) is 9.59 Å². The highest BCUT2D eigenvalue weighted by atomic mass is 16.2. The number of nitrogens with zero attached hydrogens (tertiary/aromatic N) is 3. The van der Waals surface area contributed by atoms with Crippen LogP contribution in [0.1, 0.15) is 36.2 Å². The van der Waals surface area contributed by atoms with Crippen molar-refractivity contribution in [1.82, 2.24) is 20.2 Å². The van der Waals surface area contributed by atoms with E-state index in [0.29, 0.717) is 13.1 Å². The van der Waals surface area contributed by atoms with Gasteiger partial charge in [0.1, 0.15) is 0 Å². The molecule has 7 nitrogen and oxygen atoms in total. The molecule has 0 radical (unpaired) electrons. The summed E-state index contributed by atoms with van der Waals surface area (Å²) < 4.78 is 0. The predicted molar refractivity (Wildman–Crippen MR) is 76.2 cm³/mol. The largest absolute Gasteiger partial charge is 0.382 e. The molecule has 21 heavy (non-hydrogen) atoms.